The van der Waals surface area contributed by atoms with Gasteiger partial charge in [-0.05, 0) is 18.4 Å². The van der Waals surface area contributed by atoms with Crippen LogP contribution in [0.4, 0.5) is 0 Å². The number of nitrogens with zero attached hydrogens (tertiary/aromatic N) is 5. The van der Waals surface area contributed by atoms with Gasteiger partial charge < -0.3 is 0 Å². The van der Waals surface area contributed by atoms with E-state index in [-0.39, 0.29) is 17.3 Å². The fourth-order valence-electron chi connectivity index (χ4n) is 2.98. The van der Waals surface area contributed by atoms with Crippen molar-refractivity contribution in [1.29, 1.82) is 5.26 Å². The first kappa shape index (κ1) is 18.3. The van der Waals surface area contributed by atoms with Crippen LogP contribution in [0.2, 0.25) is 0 Å². The van der Waals surface area contributed by atoms with E-state index in [0.717, 1.165) is 0 Å². The molecule has 0 saturated carbocycles. The van der Waals surface area contributed by atoms with E-state index < -0.39 is 0 Å². The lowest BCUT2D eigenvalue weighted by Crippen LogP contribution is -2.22. The molecule has 3 aromatic rings. The number of hydrogen-bond donors (Lipinski definition) is 1. The Bertz CT molecular complexity index is 1110. The average molecular weight is 364 g/mol. The van der Waals surface area contributed by atoms with Crippen molar-refractivity contribution in [3.8, 4) is 17.3 Å². The van der Waals surface area contributed by atoms with Crippen molar-refractivity contribution in [3.05, 3.63) is 52.7 Å². The van der Waals surface area contributed by atoms with Crippen molar-refractivity contribution in [3.63, 3.8) is 0 Å². The molecule has 8 heteroatoms. The SMILES string of the molecule is C=CC(=O)CCCn1cc(-c2nc3c(C#N)c[nH]n3c(=O)c2C(C)C)cn1. The van der Waals surface area contributed by atoms with Crippen LogP contribution in [-0.2, 0) is 11.3 Å². The largest absolute Gasteiger partial charge is 0.295 e. The second kappa shape index (κ2) is 7.41. The Morgan fingerprint density at radius 3 is 2.93 bits per heavy atom. The Kier molecular flexibility index (Phi) is 5.03. The second-order valence-corrected chi connectivity index (χ2v) is 6.56. The van der Waals surface area contributed by atoms with Gasteiger partial charge in [0.05, 0.1) is 11.9 Å². The van der Waals surface area contributed by atoms with Gasteiger partial charge in [0, 0.05) is 36.5 Å². The van der Waals surface area contributed by atoms with Gasteiger partial charge in [-0.2, -0.15) is 10.4 Å². The van der Waals surface area contributed by atoms with E-state index in [2.05, 4.69) is 21.8 Å². The lowest BCUT2D eigenvalue weighted by Gasteiger charge is -2.10. The van der Waals surface area contributed by atoms with E-state index >= 15 is 0 Å². The summed E-state index contributed by atoms with van der Waals surface area (Å²) >= 11 is 0. The molecule has 3 heterocycles. The minimum Gasteiger partial charge on any atom is -0.295 e. The van der Waals surface area contributed by atoms with Crippen LogP contribution >= 0.6 is 0 Å². The van der Waals surface area contributed by atoms with Gasteiger partial charge in [0.15, 0.2) is 11.4 Å². The molecular formula is C19H20N6O2. The number of nitriles is 1. The highest BCUT2D eigenvalue weighted by Crippen LogP contribution is 2.25. The van der Waals surface area contributed by atoms with Gasteiger partial charge in [0.2, 0.25) is 0 Å². The number of aromatic nitrogens is 5. The molecule has 0 unspecified atom stereocenters. The third-order valence-corrected chi connectivity index (χ3v) is 4.34. The fourth-order valence-corrected chi connectivity index (χ4v) is 2.98. The van der Waals surface area contributed by atoms with Crippen LogP contribution in [-0.4, -0.2) is 30.2 Å². The lowest BCUT2D eigenvalue weighted by molar-refractivity contribution is -0.114. The van der Waals surface area contributed by atoms with Crippen molar-refractivity contribution >= 4 is 11.4 Å². The summed E-state index contributed by atoms with van der Waals surface area (Å²) in [5.41, 5.74) is 2.17. The third-order valence-electron chi connectivity index (χ3n) is 4.34. The zero-order chi connectivity index (χ0) is 19.6. The Balaban J connectivity index is 2.02. The lowest BCUT2D eigenvalue weighted by atomic mass is 10.00. The number of aryl methyl sites for hydroxylation is 1. The molecule has 0 aliphatic rings. The highest BCUT2D eigenvalue weighted by atomic mass is 16.1. The normalized spacial score (nSPS) is 11.0. The number of nitrogens with one attached hydrogen (secondary N) is 1. The maximum absolute atomic E-state index is 12.9. The average Bonchev–Trinajstić information content (AvgIpc) is 3.27. The van der Waals surface area contributed by atoms with Crippen molar-refractivity contribution in [2.75, 3.05) is 0 Å². The first-order valence-corrected chi connectivity index (χ1v) is 8.68. The molecule has 0 aliphatic carbocycles. The molecule has 0 aromatic carbocycles. The molecule has 3 aromatic heterocycles. The minimum atomic E-state index is -0.226. The molecule has 138 valence electrons. The van der Waals surface area contributed by atoms with E-state index in [4.69, 9.17) is 0 Å². The molecule has 0 saturated heterocycles. The number of rotatable bonds is 7. The number of carbonyl (C=O) groups excluding carboxylic acids is 1. The second-order valence-electron chi connectivity index (χ2n) is 6.56. The number of hydrogen-bond acceptors (Lipinski definition) is 5. The van der Waals surface area contributed by atoms with Gasteiger partial charge >= 0.3 is 0 Å². The van der Waals surface area contributed by atoms with Gasteiger partial charge in [-0.3, -0.25) is 19.4 Å². The fraction of sp³-hybridized carbons (Fsp3) is 0.316. The third kappa shape index (κ3) is 3.44. The van der Waals surface area contributed by atoms with E-state index in [0.29, 0.717) is 47.4 Å². The molecule has 1 N–H and O–H groups in total. The molecule has 27 heavy (non-hydrogen) atoms. The number of carbonyl (C=O) groups is 1. The van der Waals surface area contributed by atoms with Gasteiger partial charge in [0.25, 0.3) is 5.56 Å². The van der Waals surface area contributed by atoms with Crippen LogP contribution in [0.15, 0.2) is 36.0 Å². The Morgan fingerprint density at radius 2 is 2.26 bits per heavy atom. The summed E-state index contributed by atoms with van der Waals surface area (Å²) in [6.07, 6.45) is 7.31. The predicted octanol–water partition coefficient (Wildman–Crippen LogP) is 2.42. The molecule has 0 aliphatic heterocycles. The number of aromatic amines is 1. The molecule has 0 amide bonds. The molecule has 0 atom stereocenters. The quantitative estimate of drug-likeness (QED) is 0.648. The zero-order valence-electron chi connectivity index (χ0n) is 15.3. The van der Waals surface area contributed by atoms with Crippen LogP contribution in [0, 0.1) is 11.3 Å². The number of fused-ring (bicyclic) bond motifs is 1. The van der Waals surface area contributed by atoms with Crippen molar-refractivity contribution in [2.45, 2.75) is 39.2 Å². The molecule has 0 radical (unpaired) electrons. The van der Waals surface area contributed by atoms with Crippen LogP contribution in [0.5, 0.6) is 0 Å². The van der Waals surface area contributed by atoms with Crippen LogP contribution in [0.3, 0.4) is 0 Å². The number of allylic oxidation sites excluding steroid dienone is 1. The monoisotopic (exact) mass is 364 g/mol. The smallest absolute Gasteiger partial charge is 0.276 e. The summed E-state index contributed by atoms with van der Waals surface area (Å²) in [5.74, 6) is -0.0552. The maximum Gasteiger partial charge on any atom is 0.276 e. The Hall–Kier alpha value is -3.47. The van der Waals surface area contributed by atoms with Crippen LogP contribution < -0.4 is 5.56 Å². The molecule has 0 fully saturated rings. The number of H-pyrrole nitrogens is 1. The first-order valence-electron chi connectivity index (χ1n) is 8.68. The Morgan fingerprint density at radius 1 is 1.48 bits per heavy atom. The maximum atomic E-state index is 12.9. The summed E-state index contributed by atoms with van der Waals surface area (Å²) in [6.45, 7) is 7.89. The summed E-state index contributed by atoms with van der Waals surface area (Å²) in [6, 6.07) is 2.04. The summed E-state index contributed by atoms with van der Waals surface area (Å²) in [5, 5.41) is 16.3. The van der Waals surface area contributed by atoms with Crippen molar-refractivity contribution in [1.82, 2.24) is 24.4 Å². The van der Waals surface area contributed by atoms with E-state index in [1.807, 2.05) is 19.9 Å². The van der Waals surface area contributed by atoms with Gasteiger partial charge in [-0.25, -0.2) is 9.50 Å². The number of ketones is 1. The molecule has 0 spiro atoms. The molecule has 8 nitrogen and oxygen atoms in total. The van der Waals surface area contributed by atoms with Crippen LogP contribution in [0.25, 0.3) is 16.9 Å². The van der Waals surface area contributed by atoms with E-state index in [9.17, 15) is 14.9 Å². The molecule has 3 rings (SSSR count). The standard InChI is InChI=1S/C19H20N6O2/c1-4-15(26)6-5-7-24-11-14(10-21-24)17-16(12(2)3)19(27)25-18(23-17)13(8-20)9-22-25/h4,9-12,22H,1,5-7H2,2-3H3. The molecule has 0 bridgehead atoms. The molecular weight excluding hydrogens is 344 g/mol. The highest BCUT2D eigenvalue weighted by molar-refractivity contribution is 5.88. The topological polar surface area (TPSA) is 109 Å². The zero-order valence-corrected chi connectivity index (χ0v) is 15.3. The van der Waals surface area contributed by atoms with E-state index in [1.54, 1.807) is 17.1 Å². The summed E-state index contributed by atoms with van der Waals surface area (Å²) < 4.78 is 3.02. The van der Waals surface area contributed by atoms with Gasteiger partial charge in [0.1, 0.15) is 11.6 Å². The minimum absolute atomic E-state index is 0.00102. The predicted molar refractivity (Wildman–Crippen MR) is 100 cm³/mol. The van der Waals surface area contributed by atoms with Crippen molar-refractivity contribution in [2.24, 2.45) is 0 Å². The summed E-state index contributed by atoms with van der Waals surface area (Å²) in [4.78, 5) is 28.8. The first-order chi connectivity index (χ1) is 13.0. The van der Waals surface area contributed by atoms with E-state index in [1.165, 1.54) is 16.8 Å². The Labute approximate surface area is 155 Å². The van der Waals surface area contributed by atoms with Crippen LogP contribution in [0.1, 0.15) is 43.7 Å². The van der Waals surface area contributed by atoms with Gasteiger partial charge in [-0.15, -0.1) is 0 Å². The van der Waals surface area contributed by atoms with Crippen molar-refractivity contribution < 1.29 is 4.79 Å². The highest BCUT2D eigenvalue weighted by Gasteiger charge is 2.20. The summed E-state index contributed by atoms with van der Waals surface area (Å²) in [7, 11) is 0. The van der Waals surface area contributed by atoms with Gasteiger partial charge in [-0.1, -0.05) is 20.4 Å².